The lowest BCUT2D eigenvalue weighted by Gasteiger charge is -2.38. The van der Waals surface area contributed by atoms with E-state index in [1.165, 1.54) is 51.4 Å². The van der Waals surface area contributed by atoms with E-state index in [-0.39, 0.29) is 0 Å². The third-order valence-electron chi connectivity index (χ3n) is 4.97. The van der Waals surface area contributed by atoms with E-state index in [9.17, 15) is 0 Å². The lowest BCUT2D eigenvalue weighted by atomic mass is 9.67. The Morgan fingerprint density at radius 3 is 2.28 bits per heavy atom. The summed E-state index contributed by atoms with van der Waals surface area (Å²) in [5.41, 5.74) is 0. The minimum Gasteiger partial charge on any atom is -0.385 e. The second-order valence-corrected chi connectivity index (χ2v) is 6.60. The van der Waals surface area contributed by atoms with E-state index in [2.05, 4.69) is 20.8 Å². The molecule has 1 fully saturated rings. The Hall–Kier alpha value is -0.0400. The van der Waals surface area contributed by atoms with Crippen molar-refractivity contribution in [3.05, 3.63) is 0 Å². The maximum Gasteiger partial charge on any atom is 0.0462 e. The van der Waals surface area contributed by atoms with E-state index in [0.29, 0.717) is 0 Å². The Bertz CT molecular complexity index is 196. The number of hydrogen-bond donors (Lipinski definition) is 0. The summed E-state index contributed by atoms with van der Waals surface area (Å²) in [5.74, 6) is 4.00. The van der Waals surface area contributed by atoms with E-state index in [4.69, 9.17) is 4.74 Å². The fraction of sp³-hybridized carbons (Fsp3) is 1.00. The van der Waals surface area contributed by atoms with Crippen molar-refractivity contribution in [1.82, 2.24) is 0 Å². The summed E-state index contributed by atoms with van der Waals surface area (Å²) in [7, 11) is 1.81. The fourth-order valence-corrected chi connectivity index (χ4v) is 3.47. The predicted molar refractivity (Wildman–Crippen MR) is 79.8 cm³/mol. The van der Waals surface area contributed by atoms with Gasteiger partial charge in [0.2, 0.25) is 0 Å². The van der Waals surface area contributed by atoms with Gasteiger partial charge in [-0.05, 0) is 62.2 Å². The maximum absolute atomic E-state index is 5.16. The quantitative estimate of drug-likeness (QED) is 0.481. The summed E-state index contributed by atoms with van der Waals surface area (Å²) in [6.07, 6.45) is 11.3. The first-order valence-electron chi connectivity index (χ1n) is 8.18. The molecule has 1 aliphatic carbocycles. The van der Waals surface area contributed by atoms with Crippen LogP contribution in [0.1, 0.15) is 72.1 Å². The normalized spacial score (nSPS) is 26.7. The molecule has 1 saturated carbocycles. The minimum atomic E-state index is 0.942. The van der Waals surface area contributed by atoms with Crippen LogP contribution in [0.4, 0.5) is 0 Å². The number of rotatable bonds is 10. The van der Waals surface area contributed by atoms with Gasteiger partial charge in [-0.15, -0.1) is 0 Å². The number of hydrogen-bond acceptors (Lipinski definition) is 1. The minimum absolute atomic E-state index is 0.942. The Morgan fingerprint density at radius 1 is 1.06 bits per heavy atom. The molecule has 0 aromatic carbocycles. The molecular weight excluding hydrogens is 220 g/mol. The summed E-state index contributed by atoms with van der Waals surface area (Å²) in [6, 6.07) is 0. The standard InChI is InChI=1S/C17H34O/c1-5-14(3)10-16-12-17(13-16)11-15(6-2)8-7-9-18-4/h14-17H,5-13H2,1-4H3. The van der Waals surface area contributed by atoms with Crippen molar-refractivity contribution in [3.63, 3.8) is 0 Å². The molecule has 0 spiro atoms. The molecule has 1 aliphatic rings. The van der Waals surface area contributed by atoms with Crippen LogP contribution in [0.15, 0.2) is 0 Å². The van der Waals surface area contributed by atoms with Crippen molar-refractivity contribution in [2.75, 3.05) is 13.7 Å². The number of ether oxygens (including phenoxy) is 1. The molecule has 0 amide bonds. The van der Waals surface area contributed by atoms with Crippen LogP contribution in [-0.2, 0) is 4.74 Å². The molecule has 0 aromatic heterocycles. The van der Waals surface area contributed by atoms with Gasteiger partial charge in [-0.3, -0.25) is 0 Å². The van der Waals surface area contributed by atoms with Crippen molar-refractivity contribution in [3.8, 4) is 0 Å². The molecule has 0 aromatic rings. The Kier molecular flexibility index (Phi) is 7.97. The molecule has 108 valence electrons. The van der Waals surface area contributed by atoms with Crippen molar-refractivity contribution in [1.29, 1.82) is 0 Å². The smallest absolute Gasteiger partial charge is 0.0462 e. The zero-order chi connectivity index (χ0) is 13.4. The highest BCUT2D eigenvalue weighted by molar-refractivity contribution is 4.82. The van der Waals surface area contributed by atoms with Gasteiger partial charge < -0.3 is 4.74 Å². The lowest BCUT2D eigenvalue weighted by Crippen LogP contribution is -2.27. The van der Waals surface area contributed by atoms with Crippen LogP contribution < -0.4 is 0 Å². The highest BCUT2D eigenvalue weighted by atomic mass is 16.5. The van der Waals surface area contributed by atoms with Crippen molar-refractivity contribution in [2.24, 2.45) is 23.7 Å². The predicted octanol–water partition coefficient (Wildman–Crippen LogP) is 5.29. The second-order valence-electron chi connectivity index (χ2n) is 6.60. The average Bonchev–Trinajstić information content (AvgIpc) is 2.34. The molecule has 0 bridgehead atoms. The topological polar surface area (TPSA) is 9.23 Å². The van der Waals surface area contributed by atoms with Gasteiger partial charge >= 0.3 is 0 Å². The molecule has 2 atom stereocenters. The van der Waals surface area contributed by atoms with E-state index < -0.39 is 0 Å². The SMILES string of the molecule is CCC(C)CC1CC(CC(CC)CCCOC)C1. The van der Waals surface area contributed by atoms with Gasteiger partial charge in [0, 0.05) is 13.7 Å². The molecule has 0 radical (unpaired) electrons. The highest BCUT2D eigenvalue weighted by Gasteiger charge is 2.30. The van der Waals surface area contributed by atoms with Gasteiger partial charge in [-0.1, -0.05) is 33.6 Å². The zero-order valence-electron chi connectivity index (χ0n) is 13.1. The molecule has 0 saturated heterocycles. The third-order valence-corrected chi connectivity index (χ3v) is 4.97. The van der Waals surface area contributed by atoms with Gasteiger partial charge in [0.05, 0.1) is 0 Å². The van der Waals surface area contributed by atoms with Crippen LogP contribution >= 0.6 is 0 Å². The van der Waals surface area contributed by atoms with E-state index in [1.807, 2.05) is 7.11 Å². The molecule has 18 heavy (non-hydrogen) atoms. The van der Waals surface area contributed by atoms with E-state index in [0.717, 1.165) is 30.3 Å². The van der Waals surface area contributed by atoms with Gasteiger partial charge in [-0.25, -0.2) is 0 Å². The third kappa shape index (κ3) is 5.73. The molecule has 2 unspecified atom stereocenters. The molecule has 1 nitrogen and oxygen atoms in total. The van der Waals surface area contributed by atoms with Gasteiger partial charge in [0.1, 0.15) is 0 Å². The highest BCUT2D eigenvalue weighted by Crippen LogP contribution is 2.42. The van der Waals surface area contributed by atoms with Gasteiger partial charge in [0.15, 0.2) is 0 Å². The van der Waals surface area contributed by atoms with E-state index in [1.54, 1.807) is 0 Å². The lowest BCUT2D eigenvalue weighted by molar-refractivity contribution is 0.124. The number of methoxy groups -OCH3 is 1. The first-order chi connectivity index (χ1) is 8.69. The second kappa shape index (κ2) is 8.96. The molecular formula is C17H34O. The van der Waals surface area contributed by atoms with Crippen molar-refractivity contribution >= 4 is 0 Å². The molecule has 1 rings (SSSR count). The van der Waals surface area contributed by atoms with Crippen LogP contribution in [0.5, 0.6) is 0 Å². The molecule has 0 heterocycles. The van der Waals surface area contributed by atoms with Crippen LogP contribution in [0.2, 0.25) is 0 Å². The summed E-state index contributed by atoms with van der Waals surface area (Å²) in [4.78, 5) is 0. The van der Waals surface area contributed by atoms with Gasteiger partial charge in [0.25, 0.3) is 0 Å². The Morgan fingerprint density at radius 2 is 1.72 bits per heavy atom. The van der Waals surface area contributed by atoms with E-state index >= 15 is 0 Å². The van der Waals surface area contributed by atoms with Gasteiger partial charge in [-0.2, -0.15) is 0 Å². The average molecular weight is 254 g/mol. The van der Waals surface area contributed by atoms with Crippen molar-refractivity contribution < 1.29 is 4.74 Å². The largest absolute Gasteiger partial charge is 0.385 e. The van der Waals surface area contributed by atoms with Crippen molar-refractivity contribution in [2.45, 2.75) is 72.1 Å². The fourth-order valence-electron chi connectivity index (χ4n) is 3.47. The summed E-state index contributed by atoms with van der Waals surface area (Å²) in [6.45, 7) is 8.03. The molecule has 1 heteroatoms. The maximum atomic E-state index is 5.16. The first kappa shape index (κ1) is 16.0. The summed E-state index contributed by atoms with van der Waals surface area (Å²) in [5, 5.41) is 0. The first-order valence-corrected chi connectivity index (χ1v) is 8.18. The molecule has 0 aliphatic heterocycles. The summed E-state index contributed by atoms with van der Waals surface area (Å²) >= 11 is 0. The van der Waals surface area contributed by atoms with Crippen LogP contribution in [0.3, 0.4) is 0 Å². The monoisotopic (exact) mass is 254 g/mol. The summed E-state index contributed by atoms with van der Waals surface area (Å²) < 4.78 is 5.16. The van der Waals surface area contributed by atoms with Crippen LogP contribution in [-0.4, -0.2) is 13.7 Å². The molecule has 0 N–H and O–H groups in total. The van der Waals surface area contributed by atoms with Crippen LogP contribution in [0.25, 0.3) is 0 Å². The zero-order valence-corrected chi connectivity index (χ0v) is 13.1. The Labute approximate surface area is 115 Å². The van der Waals surface area contributed by atoms with Crippen LogP contribution in [0, 0.1) is 23.7 Å². The Balaban J connectivity index is 2.09.